The van der Waals surface area contributed by atoms with Gasteiger partial charge in [-0.2, -0.15) is 13.2 Å². The summed E-state index contributed by atoms with van der Waals surface area (Å²) in [6.45, 7) is 1.09. The lowest BCUT2D eigenvalue weighted by atomic mass is 10.0. The minimum atomic E-state index is -4.54. The molecule has 4 rings (SSSR count). The lowest BCUT2D eigenvalue weighted by molar-refractivity contribution is -0.143. The molecule has 0 radical (unpaired) electrons. The standard InChI is InChI=1S/C21H22ClF3N2O2/c1-26(15-8-10-29-11-9-15)20(28)19-17(13-2-4-14(22)5-3-13)12-18(21(23,24)25)27(19)16-6-7-16/h2-5,12,15-16H,6-11H2,1H3. The molecule has 29 heavy (non-hydrogen) atoms. The van der Waals surface area contributed by atoms with Gasteiger partial charge in [0.1, 0.15) is 11.4 Å². The molecular formula is C21H22ClF3N2O2. The number of rotatable bonds is 4. The van der Waals surface area contributed by atoms with E-state index in [0.717, 1.165) is 6.07 Å². The number of amides is 1. The Morgan fingerprint density at radius 1 is 1.14 bits per heavy atom. The van der Waals surface area contributed by atoms with Gasteiger partial charge in [-0.15, -0.1) is 0 Å². The van der Waals surface area contributed by atoms with E-state index in [1.165, 1.54) is 4.57 Å². The molecule has 0 bridgehead atoms. The maximum absolute atomic E-state index is 13.8. The van der Waals surface area contributed by atoms with E-state index in [0.29, 0.717) is 55.0 Å². The van der Waals surface area contributed by atoms with E-state index >= 15 is 0 Å². The molecule has 2 aliphatic rings. The Morgan fingerprint density at radius 2 is 1.76 bits per heavy atom. The SMILES string of the molecule is CN(C(=O)c1c(-c2ccc(Cl)cc2)cc(C(F)(F)F)n1C1CC1)C1CCOCC1. The van der Waals surface area contributed by atoms with Crippen LogP contribution < -0.4 is 0 Å². The molecule has 0 unspecified atom stereocenters. The van der Waals surface area contributed by atoms with Gasteiger partial charge in [-0.3, -0.25) is 4.79 Å². The Labute approximate surface area is 172 Å². The summed E-state index contributed by atoms with van der Waals surface area (Å²) in [5.41, 5.74) is 0.178. The van der Waals surface area contributed by atoms with Crippen LogP contribution in [0.2, 0.25) is 5.02 Å². The zero-order valence-corrected chi connectivity index (χ0v) is 16.8. The lowest BCUT2D eigenvalue weighted by Crippen LogP contribution is -2.41. The van der Waals surface area contributed by atoms with Crippen molar-refractivity contribution in [3.63, 3.8) is 0 Å². The number of carbonyl (C=O) groups is 1. The molecule has 0 N–H and O–H groups in total. The van der Waals surface area contributed by atoms with Crippen LogP contribution in [0.4, 0.5) is 13.2 Å². The lowest BCUT2D eigenvalue weighted by Gasteiger charge is -2.32. The molecule has 2 aromatic rings. The van der Waals surface area contributed by atoms with Crippen molar-refractivity contribution in [3.8, 4) is 11.1 Å². The molecular weight excluding hydrogens is 405 g/mol. The molecule has 4 nitrogen and oxygen atoms in total. The molecule has 1 saturated carbocycles. The van der Waals surface area contributed by atoms with Crippen LogP contribution in [-0.2, 0) is 10.9 Å². The van der Waals surface area contributed by atoms with Crippen LogP contribution in [-0.4, -0.2) is 41.7 Å². The summed E-state index contributed by atoms with van der Waals surface area (Å²) < 4.78 is 48.1. The molecule has 2 heterocycles. The topological polar surface area (TPSA) is 34.5 Å². The molecule has 2 fully saturated rings. The number of alkyl halides is 3. The van der Waals surface area contributed by atoms with Crippen LogP contribution in [0.25, 0.3) is 11.1 Å². The number of ether oxygens (including phenoxy) is 1. The van der Waals surface area contributed by atoms with Gasteiger partial charge in [0, 0.05) is 42.9 Å². The minimum Gasteiger partial charge on any atom is -0.381 e. The summed E-state index contributed by atoms with van der Waals surface area (Å²) >= 11 is 5.95. The Hall–Kier alpha value is -1.99. The Kier molecular flexibility index (Phi) is 5.38. The van der Waals surface area contributed by atoms with Crippen LogP contribution in [0.15, 0.2) is 30.3 Å². The first kappa shape index (κ1) is 20.3. The maximum atomic E-state index is 13.8. The second kappa shape index (κ2) is 7.69. The number of nitrogens with zero attached hydrogens (tertiary/aromatic N) is 2. The van der Waals surface area contributed by atoms with Crippen LogP contribution >= 0.6 is 11.6 Å². The molecule has 1 aliphatic heterocycles. The summed E-state index contributed by atoms with van der Waals surface area (Å²) in [5.74, 6) is -0.385. The van der Waals surface area contributed by atoms with E-state index < -0.39 is 11.9 Å². The van der Waals surface area contributed by atoms with Gasteiger partial charge < -0.3 is 14.2 Å². The summed E-state index contributed by atoms with van der Waals surface area (Å²) in [6.07, 6.45) is -1.92. The van der Waals surface area contributed by atoms with Gasteiger partial charge >= 0.3 is 6.18 Å². The van der Waals surface area contributed by atoms with Crippen LogP contribution in [0.1, 0.15) is 47.9 Å². The second-order valence-electron chi connectivity index (χ2n) is 7.66. The predicted molar refractivity (Wildman–Crippen MR) is 104 cm³/mol. The molecule has 0 spiro atoms. The van der Waals surface area contributed by atoms with Gasteiger partial charge in [0.15, 0.2) is 0 Å². The fourth-order valence-electron chi connectivity index (χ4n) is 3.93. The molecule has 156 valence electrons. The summed E-state index contributed by atoms with van der Waals surface area (Å²) in [4.78, 5) is 15.0. The molecule has 0 atom stereocenters. The van der Waals surface area contributed by atoms with E-state index in [1.54, 1.807) is 36.2 Å². The summed E-state index contributed by atoms with van der Waals surface area (Å²) in [7, 11) is 1.67. The number of carbonyl (C=O) groups excluding carboxylic acids is 1. The molecule has 1 aromatic carbocycles. The van der Waals surface area contributed by atoms with Crippen molar-refractivity contribution in [3.05, 3.63) is 46.7 Å². The van der Waals surface area contributed by atoms with Crippen LogP contribution in [0.3, 0.4) is 0 Å². The normalized spacial score (nSPS) is 18.1. The predicted octanol–water partition coefficient (Wildman–Crippen LogP) is 5.41. The molecule has 1 amide bonds. The van der Waals surface area contributed by atoms with Gasteiger partial charge in [0.2, 0.25) is 0 Å². The number of aromatic nitrogens is 1. The summed E-state index contributed by atoms with van der Waals surface area (Å²) in [6, 6.07) is 7.30. The highest BCUT2D eigenvalue weighted by Gasteiger charge is 2.43. The van der Waals surface area contributed by atoms with Crippen molar-refractivity contribution in [2.45, 2.75) is 43.9 Å². The zero-order chi connectivity index (χ0) is 20.8. The number of benzene rings is 1. The van der Waals surface area contributed by atoms with E-state index in [1.807, 2.05) is 0 Å². The molecule has 1 aromatic heterocycles. The summed E-state index contributed by atoms with van der Waals surface area (Å²) in [5, 5.41) is 0.485. The average molecular weight is 427 g/mol. The van der Waals surface area contributed by atoms with Crippen molar-refractivity contribution in [2.24, 2.45) is 0 Å². The number of hydrogen-bond donors (Lipinski definition) is 0. The number of hydrogen-bond acceptors (Lipinski definition) is 2. The second-order valence-corrected chi connectivity index (χ2v) is 8.09. The van der Waals surface area contributed by atoms with Gasteiger partial charge in [0.05, 0.1) is 0 Å². The maximum Gasteiger partial charge on any atom is 0.431 e. The Bertz CT molecular complexity index is 898. The zero-order valence-electron chi connectivity index (χ0n) is 16.0. The Morgan fingerprint density at radius 3 is 2.31 bits per heavy atom. The van der Waals surface area contributed by atoms with Crippen molar-refractivity contribution in [1.29, 1.82) is 0 Å². The first-order chi connectivity index (χ1) is 13.8. The fraction of sp³-hybridized carbons (Fsp3) is 0.476. The third-order valence-corrected chi connectivity index (χ3v) is 5.91. The third-order valence-electron chi connectivity index (χ3n) is 5.66. The first-order valence-corrected chi connectivity index (χ1v) is 10.1. The van der Waals surface area contributed by atoms with Crippen LogP contribution in [0, 0.1) is 0 Å². The first-order valence-electron chi connectivity index (χ1n) is 9.70. The Balaban J connectivity index is 1.84. The van der Waals surface area contributed by atoms with Gasteiger partial charge in [0.25, 0.3) is 5.91 Å². The molecule has 8 heteroatoms. The smallest absolute Gasteiger partial charge is 0.381 e. The van der Waals surface area contributed by atoms with E-state index in [4.69, 9.17) is 16.3 Å². The van der Waals surface area contributed by atoms with E-state index in [9.17, 15) is 18.0 Å². The highest BCUT2D eigenvalue weighted by atomic mass is 35.5. The van der Waals surface area contributed by atoms with Crippen molar-refractivity contribution >= 4 is 17.5 Å². The quantitative estimate of drug-likeness (QED) is 0.654. The van der Waals surface area contributed by atoms with Gasteiger partial charge in [-0.25, -0.2) is 0 Å². The van der Waals surface area contributed by atoms with Crippen molar-refractivity contribution in [1.82, 2.24) is 9.47 Å². The van der Waals surface area contributed by atoms with Gasteiger partial charge in [-0.05, 0) is 49.4 Å². The molecule has 1 saturated heterocycles. The highest BCUT2D eigenvalue weighted by molar-refractivity contribution is 6.30. The largest absolute Gasteiger partial charge is 0.431 e. The van der Waals surface area contributed by atoms with Crippen molar-refractivity contribution in [2.75, 3.05) is 20.3 Å². The van der Waals surface area contributed by atoms with E-state index in [-0.39, 0.29) is 23.7 Å². The third kappa shape index (κ3) is 4.03. The highest BCUT2D eigenvalue weighted by Crippen LogP contribution is 2.46. The van der Waals surface area contributed by atoms with Crippen molar-refractivity contribution < 1.29 is 22.7 Å². The minimum absolute atomic E-state index is 0.0498. The van der Waals surface area contributed by atoms with E-state index in [2.05, 4.69) is 0 Å². The van der Waals surface area contributed by atoms with Crippen LogP contribution in [0.5, 0.6) is 0 Å². The molecule has 1 aliphatic carbocycles. The van der Waals surface area contributed by atoms with Gasteiger partial charge in [-0.1, -0.05) is 23.7 Å². The monoisotopic (exact) mass is 426 g/mol. The number of halogens is 4. The average Bonchev–Trinajstić information content (AvgIpc) is 3.46. The fourth-order valence-corrected chi connectivity index (χ4v) is 4.05.